The fraction of sp³-hybridized carbons (Fsp3) is 0.167. The number of rotatable bonds is 3. The van der Waals surface area contributed by atoms with E-state index in [1.165, 1.54) is 4.57 Å². The molecule has 0 unspecified atom stereocenters. The molecule has 1 aromatic carbocycles. The van der Waals surface area contributed by atoms with Crippen molar-refractivity contribution < 1.29 is 9.84 Å². The van der Waals surface area contributed by atoms with Gasteiger partial charge in [-0.15, -0.1) is 0 Å². The summed E-state index contributed by atoms with van der Waals surface area (Å²) in [6.07, 6.45) is 3.46. The summed E-state index contributed by atoms with van der Waals surface area (Å²) in [5.41, 5.74) is 2.65. The quantitative estimate of drug-likeness (QED) is 0.828. The summed E-state index contributed by atoms with van der Waals surface area (Å²) >= 11 is 5.22. The van der Waals surface area contributed by atoms with Gasteiger partial charge in [0.25, 0.3) is 5.56 Å². The number of aromatic nitrogens is 2. The molecule has 0 fully saturated rings. The number of methoxy groups -OCH3 is 1. The molecule has 0 bridgehead atoms. The Morgan fingerprint density at radius 1 is 1.36 bits per heavy atom. The Morgan fingerprint density at radius 2 is 2.12 bits per heavy atom. The molecule has 2 heterocycles. The predicted octanol–water partition coefficient (Wildman–Crippen LogP) is 3.37. The molecule has 128 valence electrons. The molecule has 7 heteroatoms. The summed E-state index contributed by atoms with van der Waals surface area (Å²) in [6, 6.07) is 7.04. The Morgan fingerprint density at radius 3 is 2.76 bits per heavy atom. The maximum Gasteiger partial charge on any atom is 0.262 e. The Kier molecular flexibility index (Phi) is 4.41. The van der Waals surface area contributed by atoms with Crippen molar-refractivity contribution in [3.05, 3.63) is 62.3 Å². The average molecular weight is 355 g/mol. The molecule has 2 aromatic rings. The van der Waals surface area contributed by atoms with Crippen LogP contribution in [0, 0.1) is 4.77 Å². The first-order valence-electron chi connectivity index (χ1n) is 7.59. The molecule has 0 aliphatic carbocycles. The lowest BCUT2D eigenvalue weighted by Crippen LogP contribution is -2.16. The molecule has 0 atom stereocenters. The van der Waals surface area contributed by atoms with E-state index in [0.717, 1.165) is 17.0 Å². The lowest BCUT2D eigenvalue weighted by atomic mass is 10.1. The van der Waals surface area contributed by atoms with Crippen LogP contribution in [0.4, 0.5) is 0 Å². The number of hydrogen-bond acceptors (Lipinski definition) is 5. The van der Waals surface area contributed by atoms with Crippen molar-refractivity contribution in [1.82, 2.24) is 9.55 Å². The molecular weight excluding hydrogens is 338 g/mol. The number of hydrogen-bond donors (Lipinski definition) is 2. The molecular formula is C18H17N3O3S. The van der Waals surface area contributed by atoms with Crippen molar-refractivity contribution in [1.29, 1.82) is 0 Å². The Labute approximate surface area is 149 Å². The topological polar surface area (TPSA) is 79.6 Å². The van der Waals surface area contributed by atoms with E-state index in [0.29, 0.717) is 11.4 Å². The lowest BCUT2D eigenvalue weighted by molar-refractivity contribution is 0.413. The number of H-pyrrole nitrogens is 1. The maximum atomic E-state index is 12.3. The normalized spacial score (nSPS) is 15.2. The van der Waals surface area contributed by atoms with Crippen LogP contribution in [0.3, 0.4) is 0 Å². The van der Waals surface area contributed by atoms with E-state index in [1.807, 2.05) is 19.9 Å². The molecule has 0 saturated heterocycles. The monoisotopic (exact) mass is 355 g/mol. The number of aromatic amines is 1. The van der Waals surface area contributed by atoms with E-state index in [-0.39, 0.29) is 16.2 Å². The highest BCUT2D eigenvalue weighted by molar-refractivity contribution is 7.71. The second-order valence-electron chi connectivity index (χ2n) is 5.62. The third-order valence-electron chi connectivity index (χ3n) is 3.86. The van der Waals surface area contributed by atoms with Gasteiger partial charge in [0.1, 0.15) is 11.3 Å². The zero-order chi connectivity index (χ0) is 18.1. The largest absolute Gasteiger partial charge is 0.497 e. The van der Waals surface area contributed by atoms with Gasteiger partial charge in [-0.3, -0.25) is 19.3 Å². The second kappa shape index (κ2) is 6.52. The van der Waals surface area contributed by atoms with Gasteiger partial charge in [0.15, 0.2) is 4.77 Å². The molecule has 1 aromatic heterocycles. The summed E-state index contributed by atoms with van der Waals surface area (Å²) < 4.78 is 6.70. The van der Waals surface area contributed by atoms with Crippen LogP contribution in [-0.2, 0) is 0 Å². The first-order chi connectivity index (χ1) is 11.9. The molecule has 3 rings (SSSR count). The highest BCUT2D eigenvalue weighted by Crippen LogP contribution is 2.25. The van der Waals surface area contributed by atoms with Crippen molar-refractivity contribution in [2.45, 2.75) is 13.8 Å². The van der Waals surface area contributed by atoms with E-state index in [4.69, 9.17) is 17.0 Å². The van der Waals surface area contributed by atoms with E-state index < -0.39 is 5.56 Å². The molecule has 0 saturated carbocycles. The summed E-state index contributed by atoms with van der Waals surface area (Å²) in [6.45, 7) is 3.72. The fourth-order valence-corrected chi connectivity index (χ4v) is 2.93. The number of allylic oxidation sites excluding steroid dienone is 3. The Hall–Kier alpha value is -2.93. The molecule has 25 heavy (non-hydrogen) atoms. The highest BCUT2D eigenvalue weighted by atomic mass is 32.1. The lowest BCUT2D eigenvalue weighted by Gasteiger charge is -2.12. The minimum absolute atomic E-state index is 0.0986. The molecule has 0 amide bonds. The van der Waals surface area contributed by atoms with E-state index in [9.17, 15) is 9.90 Å². The van der Waals surface area contributed by atoms with Crippen LogP contribution in [-0.4, -0.2) is 27.5 Å². The molecule has 0 spiro atoms. The molecule has 6 nitrogen and oxygen atoms in total. The van der Waals surface area contributed by atoms with Crippen LogP contribution in [0.5, 0.6) is 11.6 Å². The number of nitrogens with zero attached hydrogens (tertiary/aromatic N) is 2. The van der Waals surface area contributed by atoms with Crippen LogP contribution in [0.1, 0.15) is 19.4 Å². The zero-order valence-electron chi connectivity index (χ0n) is 14.0. The van der Waals surface area contributed by atoms with Gasteiger partial charge >= 0.3 is 0 Å². The van der Waals surface area contributed by atoms with Gasteiger partial charge in [-0.2, -0.15) is 0 Å². The number of aromatic hydroxyl groups is 1. The standard InChI is InChI=1S/C18H17N3O3S/c1-10-7-12(11(2)19-10)8-15-16(22)20-18(25)21(17(15)23)13-5-4-6-14(9-13)24-3/h4-9,23H,1-3H3,(H,20,22,25). The van der Waals surface area contributed by atoms with Crippen LogP contribution in [0.25, 0.3) is 11.8 Å². The Balaban J connectivity index is 2.23. The first kappa shape index (κ1) is 16.9. The number of benzene rings is 1. The molecule has 1 aliphatic heterocycles. The minimum Gasteiger partial charge on any atom is -0.497 e. The van der Waals surface area contributed by atoms with Gasteiger partial charge in [0.05, 0.1) is 12.8 Å². The number of ether oxygens (including phenoxy) is 1. The smallest absolute Gasteiger partial charge is 0.262 e. The first-order valence-corrected chi connectivity index (χ1v) is 8.00. The van der Waals surface area contributed by atoms with E-state index in [2.05, 4.69) is 9.98 Å². The van der Waals surface area contributed by atoms with Crippen LogP contribution < -0.4 is 10.3 Å². The van der Waals surface area contributed by atoms with Crippen molar-refractivity contribution in [2.75, 3.05) is 7.11 Å². The summed E-state index contributed by atoms with van der Waals surface area (Å²) in [4.78, 5) is 19.2. The Bertz CT molecular complexity index is 1060. The van der Waals surface area contributed by atoms with Gasteiger partial charge in [0.2, 0.25) is 5.88 Å². The van der Waals surface area contributed by atoms with Crippen molar-refractivity contribution >= 4 is 24.0 Å². The maximum absolute atomic E-state index is 12.3. The summed E-state index contributed by atoms with van der Waals surface area (Å²) in [5, 5.41) is 10.7. The van der Waals surface area contributed by atoms with E-state index in [1.54, 1.807) is 37.5 Å². The third kappa shape index (κ3) is 3.18. The van der Waals surface area contributed by atoms with Crippen LogP contribution in [0.15, 0.2) is 51.4 Å². The van der Waals surface area contributed by atoms with Crippen molar-refractivity contribution in [3.8, 4) is 17.3 Å². The number of nitrogens with one attached hydrogen (secondary N) is 1. The zero-order valence-corrected chi connectivity index (χ0v) is 14.8. The third-order valence-corrected chi connectivity index (χ3v) is 4.14. The van der Waals surface area contributed by atoms with Crippen molar-refractivity contribution in [2.24, 2.45) is 4.99 Å². The van der Waals surface area contributed by atoms with Gasteiger partial charge in [-0.05, 0) is 55.9 Å². The summed E-state index contributed by atoms with van der Waals surface area (Å²) in [5.74, 6) is 0.377. The average Bonchev–Trinajstić information content (AvgIpc) is 2.89. The minimum atomic E-state index is -0.458. The van der Waals surface area contributed by atoms with E-state index >= 15 is 0 Å². The number of aliphatic imine (C=N–C) groups is 1. The van der Waals surface area contributed by atoms with Crippen molar-refractivity contribution in [3.63, 3.8) is 0 Å². The van der Waals surface area contributed by atoms with Gasteiger partial charge in [-0.25, -0.2) is 0 Å². The van der Waals surface area contributed by atoms with Crippen LogP contribution in [0.2, 0.25) is 0 Å². The highest BCUT2D eigenvalue weighted by Gasteiger charge is 2.15. The SMILES string of the molecule is COc1cccc(-n2c(O)c(C=C3C=C(C)N=C3C)c(=O)[nH]c2=S)c1. The van der Waals surface area contributed by atoms with Gasteiger partial charge in [0, 0.05) is 17.5 Å². The molecule has 0 radical (unpaired) electrons. The second-order valence-corrected chi connectivity index (χ2v) is 6.00. The van der Waals surface area contributed by atoms with Gasteiger partial charge in [-0.1, -0.05) is 6.07 Å². The van der Waals surface area contributed by atoms with Crippen LogP contribution >= 0.6 is 12.2 Å². The molecule has 2 N–H and O–H groups in total. The fourth-order valence-electron chi connectivity index (χ4n) is 2.65. The van der Waals surface area contributed by atoms with Gasteiger partial charge < -0.3 is 9.84 Å². The molecule has 1 aliphatic rings. The summed E-state index contributed by atoms with van der Waals surface area (Å²) in [7, 11) is 1.55. The predicted molar refractivity (Wildman–Crippen MR) is 100 cm³/mol.